The quantitative estimate of drug-likeness (QED) is 0.610. The first-order chi connectivity index (χ1) is 13.8. The molecular formula is C23H31Cl2N5O. The predicted molar refractivity (Wildman–Crippen MR) is 130 cm³/mol. The van der Waals surface area contributed by atoms with E-state index >= 15 is 0 Å². The number of hydrogen-bond acceptors (Lipinski definition) is 4. The van der Waals surface area contributed by atoms with Gasteiger partial charge >= 0.3 is 0 Å². The summed E-state index contributed by atoms with van der Waals surface area (Å²) in [6.45, 7) is 10.4. The third-order valence-corrected chi connectivity index (χ3v) is 6.05. The van der Waals surface area contributed by atoms with Crippen LogP contribution >= 0.6 is 24.8 Å². The highest BCUT2D eigenvalue weighted by molar-refractivity contribution is 6.06. The lowest BCUT2D eigenvalue weighted by atomic mass is 9.90. The fourth-order valence-corrected chi connectivity index (χ4v) is 4.11. The van der Waals surface area contributed by atoms with Crippen molar-refractivity contribution >= 4 is 41.8 Å². The number of carbonyl (C=O) groups excluding carboxylic acids is 1. The molecule has 1 aliphatic heterocycles. The molecule has 1 unspecified atom stereocenters. The molecule has 1 saturated heterocycles. The number of halogens is 2. The van der Waals surface area contributed by atoms with Gasteiger partial charge in [0.2, 0.25) is 0 Å². The molecule has 1 aromatic carbocycles. The molecule has 3 aromatic rings. The molecule has 0 saturated carbocycles. The second-order valence-corrected chi connectivity index (χ2v) is 8.78. The van der Waals surface area contributed by atoms with Crippen LogP contribution in [-0.4, -0.2) is 45.2 Å². The highest BCUT2D eigenvalue weighted by Crippen LogP contribution is 2.33. The van der Waals surface area contributed by atoms with Crippen molar-refractivity contribution in [3.05, 3.63) is 47.7 Å². The second-order valence-electron chi connectivity index (χ2n) is 8.78. The van der Waals surface area contributed by atoms with Crippen LogP contribution in [0.15, 0.2) is 36.5 Å². The molecule has 3 heterocycles. The van der Waals surface area contributed by atoms with Gasteiger partial charge in [-0.25, -0.2) is 9.67 Å². The minimum absolute atomic E-state index is 0. The Morgan fingerprint density at radius 2 is 1.97 bits per heavy atom. The van der Waals surface area contributed by atoms with Gasteiger partial charge in [-0.2, -0.15) is 5.10 Å². The Morgan fingerprint density at radius 1 is 1.26 bits per heavy atom. The number of aromatic nitrogens is 3. The summed E-state index contributed by atoms with van der Waals surface area (Å²) in [5, 5.41) is 5.34. The van der Waals surface area contributed by atoms with Crippen LogP contribution in [0.25, 0.3) is 22.3 Å². The maximum atomic E-state index is 13.5. The van der Waals surface area contributed by atoms with Crippen molar-refractivity contribution in [3.63, 3.8) is 0 Å². The van der Waals surface area contributed by atoms with Crippen LogP contribution in [0.3, 0.4) is 0 Å². The van der Waals surface area contributed by atoms with Crippen molar-refractivity contribution in [3.8, 4) is 11.3 Å². The van der Waals surface area contributed by atoms with Gasteiger partial charge in [0, 0.05) is 24.7 Å². The summed E-state index contributed by atoms with van der Waals surface area (Å²) in [6, 6.07) is 10.2. The third-order valence-electron chi connectivity index (χ3n) is 6.05. The normalized spacial score (nSPS) is 18.2. The fourth-order valence-electron chi connectivity index (χ4n) is 4.11. The number of rotatable bonds is 4. The van der Waals surface area contributed by atoms with Gasteiger partial charge in [-0.3, -0.25) is 4.79 Å². The lowest BCUT2D eigenvalue weighted by Gasteiger charge is -2.23. The van der Waals surface area contributed by atoms with Crippen molar-refractivity contribution in [2.75, 3.05) is 19.6 Å². The van der Waals surface area contributed by atoms with Gasteiger partial charge in [-0.15, -0.1) is 24.8 Å². The molecule has 2 aromatic heterocycles. The molecule has 1 atom stereocenters. The van der Waals surface area contributed by atoms with Gasteiger partial charge in [0.1, 0.15) is 0 Å². The average Bonchev–Trinajstić information content (AvgIpc) is 3.31. The van der Waals surface area contributed by atoms with E-state index in [1.54, 1.807) is 6.20 Å². The lowest BCUT2D eigenvalue weighted by Crippen LogP contribution is -2.34. The maximum Gasteiger partial charge on any atom is 0.254 e. The number of nitrogens with two attached hydrogens (primary N) is 1. The highest BCUT2D eigenvalue weighted by atomic mass is 35.5. The van der Waals surface area contributed by atoms with E-state index in [4.69, 9.17) is 10.7 Å². The fraction of sp³-hybridized carbons (Fsp3) is 0.435. The number of carbonyl (C=O) groups is 1. The lowest BCUT2D eigenvalue weighted by molar-refractivity contribution is 0.0779. The highest BCUT2D eigenvalue weighted by Gasteiger charge is 2.36. The van der Waals surface area contributed by atoms with Crippen molar-refractivity contribution in [1.29, 1.82) is 0 Å². The van der Waals surface area contributed by atoms with Gasteiger partial charge in [0.15, 0.2) is 5.65 Å². The molecule has 1 fully saturated rings. The number of hydrogen-bond donors (Lipinski definition) is 1. The smallest absolute Gasteiger partial charge is 0.254 e. The molecule has 0 bridgehead atoms. The Hall–Kier alpha value is -2.15. The van der Waals surface area contributed by atoms with Crippen LogP contribution in [-0.2, 0) is 0 Å². The summed E-state index contributed by atoms with van der Waals surface area (Å²) in [5.41, 5.74) is 10.3. The Kier molecular flexibility index (Phi) is 7.74. The molecular weight excluding hydrogens is 433 g/mol. The van der Waals surface area contributed by atoms with Crippen LogP contribution in [0.4, 0.5) is 0 Å². The van der Waals surface area contributed by atoms with Crippen molar-refractivity contribution in [2.24, 2.45) is 11.1 Å². The summed E-state index contributed by atoms with van der Waals surface area (Å²) >= 11 is 0. The topological polar surface area (TPSA) is 77.0 Å². The largest absolute Gasteiger partial charge is 0.338 e. The van der Waals surface area contributed by atoms with Gasteiger partial charge in [-0.1, -0.05) is 31.2 Å². The monoisotopic (exact) mass is 463 g/mol. The van der Waals surface area contributed by atoms with E-state index < -0.39 is 0 Å². The Labute approximate surface area is 196 Å². The standard InChI is InChI=1S/C23H29N5O.2ClH/c1-15(2)28-21-19(12-25-28)18(22(29)27-10-9-23(4,13-24)14-27)11-20(26-21)17-8-6-5-7-16(17)3;;/h5-8,11-12,15H,9-10,13-14,24H2,1-4H3;2*1H. The van der Waals surface area contributed by atoms with Crippen molar-refractivity contribution in [2.45, 2.75) is 40.2 Å². The van der Waals surface area contributed by atoms with Gasteiger partial charge in [0.05, 0.1) is 22.8 Å². The molecule has 0 spiro atoms. The van der Waals surface area contributed by atoms with Crippen LogP contribution in [0.2, 0.25) is 0 Å². The van der Waals surface area contributed by atoms with Crippen LogP contribution in [0.1, 0.15) is 49.2 Å². The van der Waals surface area contributed by atoms with E-state index in [1.165, 1.54) is 0 Å². The Bertz CT molecular complexity index is 1080. The summed E-state index contributed by atoms with van der Waals surface area (Å²) in [4.78, 5) is 20.4. The molecule has 31 heavy (non-hydrogen) atoms. The summed E-state index contributed by atoms with van der Waals surface area (Å²) in [7, 11) is 0. The zero-order chi connectivity index (χ0) is 20.8. The first-order valence-corrected chi connectivity index (χ1v) is 10.3. The van der Waals surface area contributed by atoms with Gasteiger partial charge in [0.25, 0.3) is 5.91 Å². The van der Waals surface area contributed by atoms with Gasteiger partial charge < -0.3 is 10.6 Å². The molecule has 6 nitrogen and oxygen atoms in total. The van der Waals surface area contributed by atoms with E-state index in [-0.39, 0.29) is 42.2 Å². The molecule has 0 aliphatic carbocycles. The van der Waals surface area contributed by atoms with Crippen LogP contribution in [0.5, 0.6) is 0 Å². The Morgan fingerprint density at radius 3 is 2.58 bits per heavy atom. The number of benzene rings is 1. The predicted octanol–water partition coefficient (Wildman–Crippen LogP) is 4.64. The van der Waals surface area contributed by atoms with E-state index in [1.807, 2.05) is 27.8 Å². The third kappa shape index (κ3) is 4.56. The minimum atomic E-state index is -0.0111. The number of aryl methyl sites for hydroxylation is 1. The molecule has 8 heteroatoms. The molecule has 2 N–H and O–H groups in total. The Balaban J connectivity index is 0.00000171. The molecule has 1 aliphatic rings. The number of pyridine rings is 1. The van der Waals surface area contributed by atoms with E-state index in [0.717, 1.165) is 40.8 Å². The van der Waals surface area contributed by atoms with Crippen LogP contribution < -0.4 is 5.73 Å². The van der Waals surface area contributed by atoms with Crippen LogP contribution in [0, 0.1) is 12.3 Å². The number of likely N-dealkylation sites (tertiary alicyclic amines) is 1. The van der Waals surface area contributed by atoms with E-state index in [9.17, 15) is 4.79 Å². The zero-order valence-electron chi connectivity index (χ0n) is 18.5. The summed E-state index contributed by atoms with van der Waals surface area (Å²) in [5.74, 6) is 0.0349. The molecule has 0 radical (unpaired) electrons. The molecule has 1 amide bonds. The van der Waals surface area contributed by atoms with Crippen molar-refractivity contribution < 1.29 is 4.79 Å². The summed E-state index contributed by atoms with van der Waals surface area (Å²) in [6.07, 6.45) is 2.70. The second kappa shape index (κ2) is 9.55. The minimum Gasteiger partial charge on any atom is -0.338 e. The molecule has 4 rings (SSSR count). The number of amides is 1. The summed E-state index contributed by atoms with van der Waals surface area (Å²) < 4.78 is 1.89. The zero-order valence-corrected chi connectivity index (χ0v) is 20.1. The first-order valence-electron chi connectivity index (χ1n) is 10.3. The average molecular weight is 464 g/mol. The SMILES string of the molecule is Cc1ccccc1-c1cc(C(=O)N2CCC(C)(CN)C2)c2cnn(C(C)C)c2n1.Cl.Cl. The first kappa shape index (κ1) is 25.1. The number of nitrogens with zero attached hydrogens (tertiary/aromatic N) is 4. The van der Waals surface area contributed by atoms with Gasteiger partial charge in [-0.05, 0) is 50.8 Å². The van der Waals surface area contributed by atoms with E-state index in [2.05, 4.69) is 44.9 Å². The molecule has 168 valence electrons. The number of fused-ring (bicyclic) bond motifs is 1. The maximum absolute atomic E-state index is 13.5. The van der Waals surface area contributed by atoms with E-state index in [0.29, 0.717) is 18.7 Å². The van der Waals surface area contributed by atoms with Crippen molar-refractivity contribution in [1.82, 2.24) is 19.7 Å².